The Kier molecular flexibility index (Phi) is 3.00. The zero-order valence-corrected chi connectivity index (χ0v) is 11.6. The normalized spacial score (nSPS) is 31.2. The molecule has 1 amide bonds. The number of hydrogen-bond donors (Lipinski definition) is 0. The van der Waals surface area contributed by atoms with Crippen molar-refractivity contribution < 1.29 is 9.53 Å². The molecule has 3 aliphatic rings. The van der Waals surface area contributed by atoms with Gasteiger partial charge in [-0.2, -0.15) is 0 Å². The van der Waals surface area contributed by atoms with Crippen LogP contribution in [0.15, 0.2) is 30.3 Å². The number of carbonyl (C=O) groups is 1. The molecule has 0 bridgehead atoms. The Morgan fingerprint density at radius 1 is 1.10 bits per heavy atom. The lowest BCUT2D eigenvalue weighted by molar-refractivity contribution is -0.130. The van der Waals surface area contributed by atoms with Gasteiger partial charge in [0.1, 0.15) is 6.61 Å². The number of carbonyl (C=O) groups excluding carboxylic acids is 1. The highest BCUT2D eigenvalue weighted by molar-refractivity contribution is 5.95. The minimum atomic E-state index is 0.0907. The molecule has 1 aromatic rings. The van der Waals surface area contributed by atoms with E-state index in [1.165, 1.54) is 19.3 Å². The van der Waals surface area contributed by atoms with Crippen molar-refractivity contribution in [3.8, 4) is 0 Å². The van der Waals surface area contributed by atoms with E-state index >= 15 is 0 Å². The van der Waals surface area contributed by atoms with Crippen LogP contribution in [-0.4, -0.2) is 48.7 Å². The average Bonchev–Trinajstić information content (AvgIpc) is 2.80. The monoisotopic (exact) mass is 272 g/mol. The molecule has 2 aliphatic heterocycles. The number of benzene rings is 1. The lowest BCUT2D eigenvalue weighted by Crippen LogP contribution is -2.54. The van der Waals surface area contributed by atoms with Gasteiger partial charge in [-0.15, -0.1) is 0 Å². The van der Waals surface area contributed by atoms with Gasteiger partial charge in [0.2, 0.25) is 0 Å². The van der Waals surface area contributed by atoms with Gasteiger partial charge in [0, 0.05) is 24.8 Å². The third-order valence-corrected chi connectivity index (χ3v) is 4.91. The summed E-state index contributed by atoms with van der Waals surface area (Å²) in [6, 6.07) is 10.9. The number of rotatable bonds is 2. The van der Waals surface area contributed by atoms with E-state index in [1.807, 2.05) is 35.2 Å². The second-order valence-corrected chi connectivity index (χ2v) is 6.05. The van der Waals surface area contributed by atoms with Crippen LogP contribution in [0.3, 0.4) is 0 Å². The molecule has 3 fully saturated rings. The predicted molar refractivity (Wildman–Crippen MR) is 76.7 cm³/mol. The molecular formula is C16H20N2O2. The molecule has 0 aromatic heterocycles. The van der Waals surface area contributed by atoms with Gasteiger partial charge in [0.05, 0.1) is 12.1 Å². The highest BCUT2D eigenvalue weighted by Crippen LogP contribution is 2.33. The number of amides is 1. The predicted octanol–water partition coefficient (Wildman–Crippen LogP) is 1.66. The maximum Gasteiger partial charge on any atom is 0.253 e. The second kappa shape index (κ2) is 4.86. The minimum absolute atomic E-state index is 0.0907. The highest BCUT2D eigenvalue weighted by Gasteiger charge is 2.46. The molecule has 0 unspecified atom stereocenters. The average molecular weight is 272 g/mol. The van der Waals surface area contributed by atoms with Crippen molar-refractivity contribution in [1.29, 1.82) is 0 Å². The van der Waals surface area contributed by atoms with Crippen LogP contribution in [-0.2, 0) is 9.53 Å². The Morgan fingerprint density at radius 2 is 1.90 bits per heavy atom. The Labute approximate surface area is 119 Å². The summed E-state index contributed by atoms with van der Waals surface area (Å²) in [5.41, 5.74) is 1.01. The van der Waals surface area contributed by atoms with Crippen molar-refractivity contribution in [1.82, 2.24) is 4.90 Å². The highest BCUT2D eigenvalue weighted by atomic mass is 16.5. The van der Waals surface area contributed by atoms with Crippen LogP contribution < -0.4 is 4.90 Å². The molecule has 4 heteroatoms. The van der Waals surface area contributed by atoms with Crippen LogP contribution in [0.5, 0.6) is 0 Å². The van der Waals surface area contributed by atoms with E-state index in [1.54, 1.807) is 0 Å². The van der Waals surface area contributed by atoms with Crippen LogP contribution in [0.2, 0.25) is 0 Å². The Morgan fingerprint density at radius 3 is 2.60 bits per heavy atom. The molecule has 1 saturated carbocycles. The van der Waals surface area contributed by atoms with Gasteiger partial charge in [0.15, 0.2) is 0 Å². The topological polar surface area (TPSA) is 32.8 Å². The van der Waals surface area contributed by atoms with E-state index in [0.29, 0.717) is 0 Å². The number of hydrogen-bond acceptors (Lipinski definition) is 3. The number of fused-ring (bicyclic) bond motifs is 1. The number of para-hydroxylation sites is 1. The number of likely N-dealkylation sites (tertiary alicyclic amines) is 1. The van der Waals surface area contributed by atoms with Crippen LogP contribution in [0.25, 0.3) is 0 Å². The summed E-state index contributed by atoms with van der Waals surface area (Å²) in [4.78, 5) is 16.8. The molecule has 0 N–H and O–H groups in total. The molecule has 2 heterocycles. The fourth-order valence-electron chi connectivity index (χ4n) is 3.60. The smallest absolute Gasteiger partial charge is 0.253 e. The van der Waals surface area contributed by atoms with Gasteiger partial charge in [-0.05, 0) is 25.0 Å². The van der Waals surface area contributed by atoms with Gasteiger partial charge in [-0.3, -0.25) is 9.69 Å². The molecule has 1 aromatic carbocycles. The fraction of sp³-hybridized carbons (Fsp3) is 0.562. The van der Waals surface area contributed by atoms with Crippen molar-refractivity contribution in [2.45, 2.75) is 37.5 Å². The third-order valence-electron chi connectivity index (χ3n) is 4.91. The maximum absolute atomic E-state index is 12.3. The maximum atomic E-state index is 12.3. The first-order chi connectivity index (χ1) is 9.83. The Hall–Kier alpha value is -1.39. The summed E-state index contributed by atoms with van der Waals surface area (Å²) in [7, 11) is 0. The summed E-state index contributed by atoms with van der Waals surface area (Å²) >= 11 is 0. The molecule has 1 aliphatic carbocycles. The first kappa shape index (κ1) is 12.4. The third kappa shape index (κ3) is 1.95. The summed E-state index contributed by atoms with van der Waals surface area (Å²) < 4.78 is 5.78. The zero-order valence-electron chi connectivity index (χ0n) is 11.6. The van der Waals surface area contributed by atoms with E-state index in [-0.39, 0.29) is 24.7 Å². The Balaban J connectivity index is 1.59. The number of morpholine rings is 1. The van der Waals surface area contributed by atoms with Crippen molar-refractivity contribution in [2.75, 3.05) is 24.6 Å². The fourth-order valence-corrected chi connectivity index (χ4v) is 3.60. The van der Waals surface area contributed by atoms with Gasteiger partial charge in [-0.1, -0.05) is 24.6 Å². The standard InChI is InChI=1S/C16H20N2O2/c19-16-11-20-15-10-17(12-7-4-8-12)9-14(15)18(16)13-5-2-1-3-6-13/h1-3,5-6,12,14-15H,4,7-11H2/t14-,15+/m1/s1. The summed E-state index contributed by atoms with van der Waals surface area (Å²) in [5, 5.41) is 0. The molecular weight excluding hydrogens is 252 g/mol. The van der Waals surface area contributed by atoms with Crippen molar-refractivity contribution in [3.63, 3.8) is 0 Å². The Bertz CT molecular complexity index is 500. The van der Waals surface area contributed by atoms with Gasteiger partial charge < -0.3 is 9.64 Å². The van der Waals surface area contributed by atoms with Crippen LogP contribution in [0.1, 0.15) is 19.3 Å². The van der Waals surface area contributed by atoms with Crippen molar-refractivity contribution >= 4 is 11.6 Å². The lowest BCUT2D eigenvalue weighted by Gasteiger charge is -2.37. The summed E-state index contributed by atoms with van der Waals surface area (Å²) in [6.07, 6.45) is 4.13. The zero-order chi connectivity index (χ0) is 13.5. The van der Waals surface area contributed by atoms with Gasteiger partial charge >= 0.3 is 0 Å². The summed E-state index contributed by atoms with van der Waals surface area (Å²) in [5.74, 6) is 0.0907. The van der Waals surface area contributed by atoms with Crippen molar-refractivity contribution in [2.24, 2.45) is 0 Å². The van der Waals surface area contributed by atoms with E-state index < -0.39 is 0 Å². The quantitative estimate of drug-likeness (QED) is 0.821. The number of ether oxygens (including phenoxy) is 1. The minimum Gasteiger partial charge on any atom is -0.365 e. The molecule has 4 rings (SSSR count). The van der Waals surface area contributed by atoms with E-state index in [9.17, 15) is 4.79 Å². The lowest BCUT2D eigenvalue weighted by atomic mass is 9.92. The van der Waals surface area contributed by atoms with Gasteiger partial charge in [0.25, 0.3) is 5.91 Å². The SMILES string of the molecule is O=C1CO[C@H]2CN(C3CCC3)C[C@H]2N1c1ccccc1. The van der Waals surface area contributed by atoms with E-state index in [2.05, 4.69) is 4.90 Å². The van der Waals surface area contributed by atoms with Crippen LogP contribution in [0.4, 0.5) is 5.69 Å². The van der Waals surface area contributed by atoms with Crippen molar-refractivity contribution in [3.05, 3.63) is 30.3 Å². The first-order valence-electron chi connectivity index (χ1n) is 7.56. The molecule has 0 radical (unpaired) electrons. The molecule has 2 atom stereocenters. The second-order valence-electron chi connectivity index (χ2n) is 6.05. The molecule has 20 heavy (non-hydrogen) atoms. The molecule has 2 saturated heterocycles. The van der Waals surface area contributed by atoms with Crippen LogP contribution >= 0.6 is 0 Å². The number of anilines is 1. The number of nitrogens with zero attached hydrogens (tertiary/aromatic N) is 2. The molecule has 106 valence electrons. The molecule has 0 spiro atoms. The van der Waals surface area contributed by atoms with E-state index in [4.69, 9.17) is 4.74 Å². The van der Waals surface area contributed by atoms with Crippen LogP contribution in [0, 0.1) is 0 Å². The summed E-state index contributed by atoms with van der Waals surface area (Å²) in [6.45, 7) is 2.15. The molecule has 4 nitrogen and oxygen atoms in total. The first-order valence-corrected chi connectivity index (χ1v) is 7.56. The largest absolute Gasteiger partial charge is 0.365 e. The van der Waals surface area contributed by atoms with E-state index in [0.717, 1.165) is 24.8 Å². The van der Waals surface area contributed by atoms with Gasteiger partial charge in [-0.25, -0.2) is 0 Å².